The summed E-state index contributed by atoms with van der Waals surface area (Å²) in [6.45, 7) is 0.893. The number of carbonyl (C=O) groups is 2. The molecule has 1 aliphatic rings. The number of ether oxygens (including phenoxy) is 2. The van der Waals surface area contributed by atoms with Crippen LogP contribution in [0.3, 0.4) is 0 Å². The van der Waals surface area contributed by atoms with Crippen molar-refractivity contribution in [2.24, 2.45) is 0 Å². The van der Waals surface area contributed by atoms with Crippen molar-refractivity contribution in [1.82, 2.24) is 5.32 Å². The molecule has 0 saturated heterocycles. The summed E-state index contributed by atoms with van der Waals surface area (Å²) in [6, 6.07) is 28.4. The summed E-state index contributed by atoms with van der Waals surface area (Å²) in [4.78, 5) is 29.7. The molecule has 0 saturated carbocycles. The number of anilines is 1. The van der Waals surface area contributed by atoms with Gasteiger partial charge in [-0.1, -0.05) is 65.8 Å². The van der Waals surface area contributed by atoms with Gasteiger partial charge in [-0.05, 0) is 77.7 Å². The van der Waals surface area contributed by atoms with Crippen LogP contribution in [-0.4, -0.2) is 32.6 Å². The first-order valence-corrected chi connectivity index (χ1v) is 14.3. The fourth-order valence-corrected chi connectivity index (χ4v) is 5.85. The number of hydrogen-bond acceptors (Lipinski definition) is 5. The third kappa shape index (κ3) is 6.76. The molecule has 1 aliphatic heterocycles. The lowest BCUT2D eigenvalue weighted by Gasteiger charge is -2.30. The quantitative estimate of drug-likeness (QED) is 0.214. The Labute approximate surface area is 248 Å². The van der Waals surface area contributed by atoms with E-state index in [0.717, 1.165) is 27.3 Å². The molecule has 6 nitrogen and oxygen atoms in total. The summed E-state index contributed by atoms with van der Waals surface area (Å²) in [5.74, 6) is 1.09. The number of nitrogens with one attached hydrogen (secondary N) is 1. The number of benzene rings is 4. The molecule has 0 bridgehead atoms. The van der Waals surface area contributed by atoms with E-state index in [1.165, 1.54) is 11.8 Å². The molecule has 5 rings (SSSR count). The Morgan fingerprint density at radius 3 is 2.44 bits per heavy atom. The molecule has 8 heteroatoms. The fraction of sp³-hybridized carbons (Fsp3) is 0.152. The van der Waals surface area contributed by atoms with Gasteiger partial charge in [0.15, 0.2) is 11.5 Å². The van der Waals surface area contributed by atoms with Gasteiger partial charge in [-0.25, -0.2) is 0 Å². The van der Waals surface area contributed by atoms with E-state index >= 15 is 0 Å². The van der Waals surface area contributed by atoms with Crippen molar-refractivity contribution in [2.75, 3.05) is 25.7 Å². The van der Waals surface area contributed by atoms with Crippen LogP contribution in [0.1, 0.15) is 27.0 Å². The number of rotatable bonds is 9. The van der Waals surface area contributed by atoms with Crippen LogP contribution in [0.2, 0.25) is 5.02 Å². The van der Waals surface area contributed by atoms with Crippen LogP contribution in [-0.2, 0) is 17.8 Å². The smallest absolute Gasteiger partial charge is 0.265 e. The summed E-state index contributed by atoms with van der Waals surface area (Å²) in [6.07, 6.45) is 2.52. The lowest BCUT2D eigenvalue weighted by atomic mass is 10.1. The van der Waals surface area contributed by atoms with Gasteiger partial charge in [0.2, 0.25) is 0 Å². The molecule has 0 fully saturated rings. The van der Waals surface area contributed by atoms with E-state index in [1.807, 2.05) is 84.9 Å². The van der Waals surface area contributed by atoms with Crippen LogP contribution >= 0.6 is 23.4 Å². The average molecular weight is 585 g/mol. The maximum atomic E-state index is 13.6. The van der Waals surface area contributed by atoms with Crippen molar-refractivity contribution in [1.29, 1.82) is 0 Å². The van der Waals surface area contributed by atoms with Crippen molar-refractivity contribution in [3.8, 4) is 11.5 Å². The van der Waals surface area contributed by atoms with Crippen molar-refractivity contribution in [3.63, 3.8) is 0 Å². The first-order valence-electron chi connectivity index (χ1n) is 13.1. The number of nitrogens with zero attached hydrogens (tertiary/aromatic N) is 1. The summed E-state index contributed by atoms with van der Waals surface area (Å²) in [5, 5.41) is 3.60. The zero-order chi connectivity index (χ0) is 28.8. The lowest BCUT2D eigenvalue weighted by Crippen LogP contribution is -2.33. The normalized spacial score (nSPS) is 13.6. The van der Waals surface area contributed by atoms with E-state index in [-0.39, 0.29) is 11.8 Å². The van der Waals surface area contributed by atoms with Gasteiger partial charge >= 0.3 is 0 Å². The van der Waals surface area contributed by atoms with Crippen LogP contribution in [0.4, 0.5) is 5.69 Å². The number of para-hydroxylation sites is 1. The Kier molecular flexibility index (Phi) is 8.97. The zero-order valence-electron chi connectivity index (χ0n) is 22.7. The zero-order valence-corrected chi connectivity index (χ0v) is 24.3. The molecule has 0 unspecified atom stereocenters. The Hall–Kier alpha value is -4.20. The van der Waals surface area contributed by atoms with E-state index in [4.69, 9.17) is 21.1 Å². The SMILES string of the molecule is COc1ccc(CCNC(=O)c2ccc(/C=C3/Sc4ccccc4N(Cc4cccc(Cl)c4)C3=O)cc2)cc1OC. The van der Waals surface area contributed by atoms with Gasteiger partial charge in [-0.2, -0.15) is 0 Å². The van der Waals surface area contributed by atoms with E-state index < -0.39 is 0 Å². The molecule has 2 amide bonds. The molecule has 1 N–H and O–H groups in total. The highest BCUT2D eigenvalue weighted by atomic mass is 35.5. The topological polar surface area (TPSA) is 67.9 Å². The first kappa shape index (κ1) is 28.3. The largest absolute Gasteiger partial charge is 0.493 e. The highest BCUT2D eigenvalue weighted by molar-refractivity contribution is 8.04. The minimum absolute atomic E-state index is 0.0781. The number of hydrogen-bond donors (Lipinski definition) is 1. The van der Waals surface area contributed by atoms with Crippen molar-refractivity contribution in [3.05, 3.63) is 123 Å². The maximum absolute atomic E-state index is 13.6. The number of carbonyl (C=O) groups excluding carboxylic acids is 2. The average Bonchev–Trinajstić information content (AvgIpc) is 2.99. The monoisotopic (exact) mass is 584 g/mol. The van der Waals surface area contributed by atoms with Gasteiger partial charge in [0.05, 0.1) is 31.4 Å². The second-order valence-electron chi connectivity index (χ2n) is 9.42. The molecular weight excluding hydrogens is 556 g/mol. The van der Waals surface area contributed by atoms with E-state index in [0.29, 0.717) is 46.5 Å². The fourth-order valence-electron chi connectivity index (χ4n) is 4.58. The van der Waals surface area contributed by atoms with Gasteiger partial charge in [-0.15, -0.1) is 0 Å². The summed E-state index contributed by atoms with van der Waals surface area (Å²) >= 11 is 7.64. The number of amides is 2. The minimum Gasteiger partial charge on any atom is -0.493 e. The van der Waals surface area contributed by atoms with Gasteiger partial charge < -0.3 is 19.7 Å². The second-order valence-corrected chi connectivity index (χ2v) is 10.9. The third-order valence-electron chi connectivity index (χ3n) is 6.68. The number of methoxy groups -OCH3 is 2. The van der Waals surface area contributed by atoms with Crippen LogP contribution < -0.4 is 19.7 Å². The van der Waals surface area contributed by atoms with Crippen LogP contribution in [0, 0.1) is 0 Å². The summed E-state index contributed by atoms with van der Waals surface area (Å²) < 4.78 is 10.6. The molecule has 0 aromatic heterocycles. The van der Waals surface area contributed by atoms with Crippen molar-refractivity contribution >= 4 is 46.9 Å². The molecule has 4 aromatic rings. The van der Waals surface area contributed by atoms with Gasteiger partial charge in [0, 0.05) is 22.0 Å². The highest BCUT2D eigenvalue weighted by Gasteiger charge is 2.29. The van der Waals surface area contributed by atoms with E-state index in [9.17, 15) is 9.59 Å². The molecule has 41 heavy (non-hydrogen) atoms. The molecule has 4 aromatic carbocycles. The Bertz CT molecular complexity index is 1600. The molecule has 0 spiro atoms. The van der Waals surface area contributed by atoms with Crippen molar-refractivity contribution in [2.45, 2.75) is 17.9 Å². The van der Waals surface area contributed by atoms with Gasteiger partial charge in [-0.3, -0.25) is 9.59 Å². The Morgan fingerprint density at radius 1 is 0.902 bits per heavy atom. The lowest BCUT2D eigenvalue weighted by molar-refractivity contribution is -0.114. The summed E-state index contributed by atoms with van der Waals surface area (Å²) in [5.41, 5.74) is 4.25. The standard InChI is InChI=1S/C33H29ClN2O4S/c1-39-28-15-12-23(19-29(28)40-2)16-17-35-32(37)25-13-10-22(11-14-25)20-31-33(38)36(21-24-6-5-7-26(34)18-24)27-8-3-4-9-30(27)41-31/h3-15,18-20H,16-17,21H2,1-2H3,(H,35,37)/b31-20+. The maximum Gasteiger partial charge on any atom is 0.265 e. The summed E-state index contributed by atoms with van der Waals surface area (Å²) in [7, 11) is 3.20. The van der Waals surface area contributed by atoms with Crippen molar-refractivity contribution < 1.29 is 19.1 Å². The molecule has 1 heterocycles. The molecule has 208 valence electrons. The molecule has 0 aliphatic carbocycles. The second kappa shape index (κ2) is 13.0. The third-order valence-corrected chi connectivity index (χ3v) is 7.99. The predicted molar refractivity (Wildman–Crippen MR) is 165 cm³/mol. The Balaban J connectivity index is 1.26. The van der Waals surface area contributed by atoms with Gasteiger partial charge in [0.1, 0.15) is 0 Å². The molecule has 0 atom stereocenters. The van der Waals surface area contributed by atoms with Crippen LogP contribution in [0.25, 0.3) is 6.08 Å². The first-order chi connectivity index (χ1) is 19.9. The highest BCUT2D eigenvalue weighted by Crippen LogP contribution is 2.42. The van der Waals surface area contributed by atoms with E-state index in [2.05, 4.69) is 5.32 Å². The molecule has 0 radical (unpaired) electrons. The number of halogens is 1. The number of fused-ring (bicyclic) bond motifs is 1. The van der Waals surface area contributed by atoms with E-state index in [1.54, 1.807) is 31.3 Å². The van der Waals surface area contributed by atoms with Crippen LogP contribution in [0.5, 0.6) is 11.5 Å². The molecular formula is C33H29ClN2O4S. The van der Waals surface area contributed by atoms with Crippen LogP contribution in [0.15, 0.2) is 101 Å². The Morgan fingerprint density at radius 2 is 1.68 bits per heavy atom. The minimum atomic E-state index is -0.158. The predicted octanol–water partition coefficient (Wildman–Crippen LogP) is 7.01. The number of thioether (sulfide) groups is 1. The van der Waals surface area contributed by atoms with Gasteiger partial charge in [0.25, 0.3) is 11.8 Å².